The fourth-order valence-corrected chi connectivity index (χ4v) is 4.53. The van der Waals surface area contributed by atoms with Crippen molar-refractivity contribution in [3.05, 3.63) is 69.3 Å². The number of rotatable bonds is 20. The maximum atomic E-state index is 5.81. The molecule has 0 amide bonds. The summed E-state index contributed by atoms with van der Waals surface area (Å²) in [6.45, 7) is 2.61. The molecule has 3 nitrogen and oxygen atoms in total. The maximum Gasteiger partial charge on any atom is 0.104 e. The quantitative estimate of drug-likeness (QED) is 0.120. The van der Waals surface area contributed by atoms with Crippen molar-refractivity contribution in [2.24, 2.45) is 0 Å². The number of methoxy groups -OCH3 is 1. The van der Waals surface area contributed by atoms with Gasteiger partial charge in [-0.1, -0.05) is 93.8 Å². The van der Waals surface area contributed by atoms with Gasteiger partial charge in [0.25, 0.3) is 0 Å². The molecule has 2 rings (SSSR count). The van der Waals surface area contributed by atoms with Crippen LogP contribution in [0.5, 0.6) is 0 Å². The predicted molar refractivity (Wildman–Crippen MR) is 147 cm³/mol. The second-order valence-electron chi connectivity index (χ2n) is 8.85. The topological polar surface area (TPSA) is 27.7 Å². The molecular weight excluding hydrogens is 523 g/mol. The van der Waals surface area contributed by atoms with Gasteiger partial charge in [-0.2, -0.15) is 0 Å². The largest absolute Gasteiger partial charge is 0.379 e. The summed E-state index contributed by atoms with van der Waals surface area (Å²) in [4.78, 5) is 0. The van der Waals surface area contributed by atoms with Crippen molar-refractivity contribution in [1.29, 1.82) is 0 Å². The van der Waals surface area contributed by atoms with Crippen LogP contribution in [-0.4, -0.2) is 33.0 Å². The van der Waals surface area contributed by atoms with Gasteiger partial charge in [-0.15, -0.1) is 0 Å². The summed E-state index contributed by atoms with van der Waals surface area (Å²) >= 11 is 2.40. The van der Waals surface area contributed by atoms with Crippen LogP contribution < -0.4 is 0 Å². The summed E-state index contributed by atoms with van der Waals surface area (Å²) in [5, 5.41) is 0. The van der Waals surface area contributed by atoms with Gasteiger partial charge in [0, 0.05) is 17.3 Å². The number of aryl methyl sites for hydroxylation is 1. The van der Waals surface area contributed by atoms with Gasteiger partial charge in [0.15, 0.2) is 0 Å². The van der Waals surface area contributed by atoms with Crippen molar-refractivity contribution in [3.63, 3.8) is 0 Å². The first-order chi connectivity index (χ1) is 16.3. The molecule has 0 saturated carbocycles. The molecule has 2 aromatic carbocycles. The van der Waals surface area contributed by atoms with Crippen molar-refractivity contribution in [2.75, 3.05) is 26.9 Å². The number of ether oxygens (including phenoxy) is 3. The summed E-state index contributed by atoms with van der Waals surface area (Å²) in [6.07, 6.45) is 14.5. The lowest BCUT2D eigenvalue weighted by molar-refractivity contribution is -0.0451. The Morgan fingerprint density at radius 1 is 0.667 bits per heavy atom. The third-order valence-electron chi connectivity index (χ3n) is 5.95. The maximum absolute atomic E-state index is 5.81. The van der Waals surface area contributed by atoms with Crippen LogP contribution in [0, 0.1) is 3.57 Å². The van der Waals surface area contributed by atoms with Gasteiger partial charge in [0.1, 0.15) is 6.10 Å². The SMILES string of the molecule is COC(COCCCCCCCCCCCCc1cccc(I)c1)COCc1ccccc1. The van der Waals surface area contributed by atoms with Crippen molar-refractivity contribution < 1.29 is 14.2 Å². The van der Waals surface area contributed by atoms with Crippen LogP contribution in [0.2, 0.25) is 0 Å². The molecule has 0 fully saturated rings. The lowest BCUT2D eigenvalue weighted by Gasteiger charge is -2.16. The van der Waals surface area contributed by atoms with E-state index < -0.39 is 0 Å². The van der Waals surface area contributed by atoms with E-state index in [4.69, 9.17) is 14.2 Å². The van der Waals surface area contributed by atoms with Crippen molar-refractivity contribution in [2.45, 2.75) is 83.3 Å². The molecule has 0 radical (unpaired) electrons. The van der Waals surface area contributed by atoms with Crippen molar-refractivity contribution in [3.8, 4) is 0 Å². The van der Waals surface area contributed by atoms with E-state index in [0.717, 1.165) is 13.0 Å². The van der Waals surface area contributed by atoms with Crippen LogP contribution in [0.1, 0.15) is 75.3 Å². The molecule has 184 valence electrons. The normalized spacial score (nSPS) is 12.2. The highest BCUT2D eigenvalue weighted by molar-refractivity contribution is 14.1. The van der Waals surface area contributed by atoms with Crippen LogP contribution in [-0.2, 0) is 27.2 Å². The number of unbranched alkanes of at least 4 members (excludes halogenated alkanes) is 9. The zero-order valence-electron chi connectivity index (χ0n) is 20.5. The number of halogens is 1. The Bertz CT molecular complexity index is 707. The molecule has 1 unspecified atom stereocenters. The lowest BCUT2D eigenvalue weighted by Crippen LogP contribution is -2.24. The molecule has 0 heterocycles. The molecule has 0 aliphatic heterocycles. The Hall–Kier alpha value is -0.950. The first-order valence-electron chi connectivity index (χ1n) is 12.7. The summed E-state index contributed by atoms with van der Waals surface area (Å²) in [5.74, 6) is 0. The van der Waals surface area contributed by atoms with Gasteiger partial charge >= 0.3 is 0 Å². The van der Waals surface area contributed by atoms with E-state index in [0.29, 0.717) is 19.8 Å². The molecule has 0 aromatic heterocycles. The van der Waals surface area contributed by atoms with E-state index in [1.165, 1.54) is 78.9 Å². The Balaban J connectivity index is 1.31. The average molecular weight is 567 g/mol. The van der Waals surface area contributed by atoms with E-state index in [9.17, 15) is 0 Å². The predicted octanol–water partition coefficient (Wildman–Crippen LogP) is 7.98. The van der Waals surface area contributed by atoms with Gasteiger partial charge in [-0.25, -0.2) is 0 Å². The molecule has 0 N–H and O–H groups in total. The standard InChI is InChI=1S/C29H43IO3/c1-31-29(25-33-23-27-17-12-10-13-18-27)24-32-21-14-9-7-5-3-2-4-6-8-11-16-26-19-15-20-28(30)22-26/h10,12-13,15,17-20,22,29H,2-9,11,14,16,21,23-25H2,1H3. The minimum Gasteiger partial charge on any atom is -0.379 e. The second-order valence-corrected chi connectivity index (χ2v) is 10.1. The highest BCUT2D eigenvalue weighted by Crippen LogP contribution is 2.14. The summed E-state index contributed by atoms with van der Waals surface area (Å²) in [6, 6.07) is 19.1. The summed E-state index contributed by atoms with van der Waals surface area (Å²) in [5.41, 5.74) is 2.67. The first-order valence-corrected chi connectivity index (χ1v) is 13.8. The Kier molecular flexibility index (Phi) is 16.6. The van der Waals surface area contributed by atoms with Gasteiger partial charge in [0.05, 0.1) is 19.8 Å². The molecule has 1 atom stereocenters. The highest BCUT2D eigenvalue weighted by Gasteiger charge is 2.08. The van der Waals surface area contributed by atoms with E-state index in [2.05, 4.69) is 59.0 Å². The fourth-order valence-electron chi connectivity index (χ4n) is 3.92. The van der Waals surface area contributed by atoms with E-state index in [-0.39, 0.29) is 6.10 Å². The van der Waals surface area contributed by atoms with Crippen LogP contribution in [0.25, 0.3) is 0 Å². The molecule has 0 aliphatic carbocycles. The monoisotopic (exact) mass is 566 g/mol. The fraction of sp³-hybridized carbons (Fsp3) is 0.586. The van der Waals surface area contributed by atoms with E-state index >= 15 is 0 Å². The Morgan fingerprint density at radius 2 is 1.27 bits per heavy atom. The van der Waals surface area contributed by atoms with Gasteiger partial charge in [0.2, 0.25) is 0 Å². The minimum absolute atomic E-state index is 0.00478. The van der Waals surface area contributed by atoms with Crippen LogP contribution in [0.3, 0.4) is 0 Å². The second kappa shape index (κ2) is 19.4. The summed E-state index contributed by atoms with van der Waals surface area (Å²) < 4.78 is 18.4. The molecule has 0 spiro atoms. The highest BCUT2D eigenvalue weighted by atomic mass is 127. The Morgan fingerprint density at radius 3 is 1.94 bits per heavy atom. The van der Waals surface area contributed by atoms with Crippen LogP contribution >= 0.6 is 22.6 Å². The Labute approximate surface area is 215 Å². The van der Waals surface area contributed by atoms with Gasteiger partial charge < -0.3 is 14.2 Å². The molecular formula is C29H43IO3. The van der Waals surface area contributed by atoms with Crippen LogP contribution in [0.15, 0.2) is 54.6 Å². The molecule has 0 bridgehead atoms. The van der Waals surface area contributed by atoms with Crippen molar-refractivity contribution in [1.82, 2.24) is 0 Å². The molecule has 2 aromatic rings. The molecule has 4 heteroatoms. The van der Waals surface area contributed by atoms with Crippen LogP contribution in [0.4, 0.5) is 0 Å². The van der Waals surface area contributed by atoms with E-state index in [1.54, 1.807) is 7.11 Å². The third-order valence-corrected chi connectivity index (χ3v) is 6.62. The molecule has 33 heavy (non-hydrogen) atoms. The molecule has 0 saturated heterocycles. The zero-order chi connectivity index (χ0) is 23.4. The van der Waals surface area contributed by atoms with E-state index in [1.807, 2.05) is 18.2 Å². The minimum atomic E-state index is 0.00478. The molecule has 0 aliphatic rings. The first kappa shape index (κ1) is 28.3. The third kappa shape index (κ3) is 14.8. The number of benzene rings is 2. The van der Waals surface area contributed by atoms with Crippen molar-refractivity contribution >= 4 is 22.6 Å². The zero-order valence-corrected chi connectivity index (χ0v) is 22.6. The summed E-state index contributed by atoms with van der Waals surface area (Å²) in [7, 11) is 1.73. The van der Waals surface area contributed by atoms with Gasteiger partial charge in [-0.05, 0) is 65.1 Å². The lowest BCUT2D eigenvalue weighted by atomic mass is 10.0. The number of hydrogen-bond donors (Lipinski definition) is 0. The van der Waals surface area contributed by atoms with Gasteiger partial charge in [-0.3, -0.25) is 0 Å². The average Bonchev–Trinajstić information content (AvgIpc) is 2.83. The smallest absolute Gasteiger partial charge is 0.104 e. The number of hydrogen-bond acceptors (Lipinski definition) is 3.